The summed E-state index contributed by atoms with van der Waals surface area (Å²) in [6.45, 7) is 4.24. The molecule has 1 fully saturated rings. The van der Waals surface area contributed by atoms with Crippen molar-refractivity contribution in [3.8, 4) is 0 Å². The minimum atomic E-state index is 0.799. The third kappa shape index (κ3) is 2.96. The number of hydrogen-bond donors (Lipinski definition) is 0. The molecule has 20 heavy (non-hydrogen) atoms. The largest absolute Gasteiger partial charge is 0.440 e. The lowest BCUT2D eigenvalue weighted by atomic mass is 10.2. The highest BCUT2D eigenvalue weighted by Gasteiger charge is 2.14. The molecule has 0 N–H and O–H groups in total. The van der Waals surface area contributed by atoms with Crippen molar-refractivity contribution in [2.75, 3.05) is 18.0 Å². The van der Waals surface area contributed by atoms with Crippen molar-refractivity contribution < 1.29 is 4.42 Å². The van der Waals surface area contributed by atoms with Crippen molar-refractivity contribution in [1.29, 1.82) is 0 Å². The lowest BCUT2D eigenvalue weighted by Crippen LogP contribution is -2.16. The van der Waals surface area contributed by atoms with E-state index in [-0.39, 0.29) is 0 Å². The van der Waals surface area contributed by atoms with Gasteiger partial charge in [-0.1, -0.05) is 15.9 Å². The van der Waals surface area contributed by atoms with Gasteiger partial charge in [-0.3, -0.25) is 4.99 Å². The number of benzene rings is 1. The standard InChI is InChI=1S/C16H17BrN2O/c1-12-10-13(4-6-15(12)17)18-11-14-5-7-16(20-14)19-8-2-3-9-19/h4-7,10-11H,2-3,8-9H2,1H3. The summed E-state index contributed by atoms with van der Waals surface area (Å²) in [5, 5.41) is 0. The van der Waals surface area contributed by atoms with Gasteiger partial charge in [0.2, 0.25) is 0 Å². The first kappa shape index (κ1) is 13.4. The molecular weight excluding hydrogens is 316 g/mol. The molecule has 1 saturated heterocycles. The summed E-state index contributed by atoms with van der Waals surface area (Å²) in [5.41, 5.74) is 2.11. The number of hydrogen-bond acceptors (Lipinski definition) is 3. The van der Waals surface area contributed by atoms with E-state index in [2.05, 4.69) is 32.7 Å². The number of aliphatic imine (C=N–C) groups is 1. The van der Waals surface area contributed by atoms with E-state index in [1.165, 1.54) is 18.4 Å². The molecule has 4 heteroatoms. The van der Waals surface area contributed by atoms with E-state index in [0.29, 0.717) is 0 Å². The summed E-state index contributed by atoms with van der Waals surface area (Å²) >= 11 is 3.49. The summed E-state index contributed by atoms with van der Waals surface area (Å²) in [6, 6.07) is 10.0. The van der Waals surface area contributed by atoms with E-state index in [4.69, 9.17) is 4.42 Å². The van der Waals surface area contributed by atoms with Gasteiger partial charge in [0.15, 0.2) is 5.88 Å². The van der Waals surface area contributed by atoms with Crippen molar-refractivity contribution in [1.82, 2.24) is 0 Å². The van der Waals surface area contributed by atoms with Crippen molar-refractivity contribution in [3.05, 3.63) is 46.1 Å². The lowest BCUT2D eigenvalue weighted by Gasteiger charge is -2.12. The number of rotatable bonds is 3. The Labute approximate surface area is 127 Å². The topological polar surface area (TPSA) is 28.7 Å². The molecule has 1 aromatic heterocycles. The molecular formula is C16H17BrN2O. The second-order valence-electron chi connectivity index (χ2n) is 5.06. The van der Waals surface area contributed by atoms with Crippen LogP contribution < -0.4 is 4.90 Å². The minimum Gasteiger partial charge on any atom is -0.440 e. The van der Waals surface area contributed by atoms with Gasteiger partial charge in [0.25, 0.3) is 0 Å². The Morgan fingerprint density at radius 1 is 1.20 bits per heavy atom. The Balaban J connectivity index is 1.73. The van der Waals surface area contributed by atoms with Crippen LogP contribution in [0.15, 0.2) is 44.2 Å². The average Bonchev–Trinajstić information content (AvgIpc) is 3.09. The molecule has 2 heterocycles. The zero-order valence-corrected chi connectivity index (χ0v) is 13.1. The van der Waals surface area contributed by atoms with Gasteiger partial charge in [-0.25, -0.2) is 0 Å². The molecule has 0 bridgehead atoms. The van der Waals surface area contributed by atoms with Gasteiger partial charge in [-0.15, -0.1) is 0 Å². The molecule has 0 unspecified atom stereocenters. The molecule has 3 rings (SSSR count). The molecule has 0 saturated carbocycles. The second kappa shape index (κ2) is 5.83. The SMILES string of the molecule is Cc1cc(N=Cc2ccc(N3CCCC3)o2)ccc1Br. The monoisotopic (exact) mass is 332 g/mol. The molecule has 2 aromatic rings. The van der Waals surface area contributed by atoms with Crippen LogP contribution in [0, 0.1) is 6.92 Å². The van der Waals surface area contributed by atoms with Gasteiger partial charge in [0.05, 0.1) is 11.9 Å². The minimum absolute atomic E-state index is 0.799. The third-order valence-corrected chi connectivity index (χ3v) is 4.40. The third-order valence-electron chi connectivity index (χ3n) is 3.51. The Bertz CT molecular complexity index is 627. The fraction of sp³-hybridized carbons (Fsp3) is 0.312. The van der Waals surface area contributed by atoms with E-state index in [0.717, 1.165) is 34.9 Å². The zero-order chi connectivity index (χ0) is 13.9. The summed E-state index contributed by atoms with van der Waals surface area (Å²) in [7, 11) is 0. The van der Waals surface area contributed by atoms with Gasteiger partial charge in [0.1, 0.15) is 5.76 Å². The van der Waals surface area contributed by atoms with E-state index in [1.807, 2.05) is 30.3 Å². The number of aryl methyl sites for hydroxylation is 1. The molecule has 0 amide bonds. The van der Waals surface area contributed by atoms with Crippen LogP contribution in [0.5, 0.6) is 0 Å². The van der Waals surface area contributed by atoms with Gasteiger partial charge >= 0.3 is 0 Å². The first-order chi connectivity index (χ1) is 9.72. The Kier molecular flexibility index (Phi) is 3.92. The predicted octanol–water partition coefficient (Wildman–Crippen LogP) is 4.70. The number of nitrogens with zero attached hydrogens (tertiary/aromatic N) is 2. The molecule has 3 nitrogen and oxygen atoms in total. The number of anilines is 1. The maximum Gasteiger partial charge on any atom is 0.196 e. The highest BCUT2D eigenvalue weighted by atomic mass is 79.9. The van der Waals surface area contributed by atoms with Gasteiger partial charge in [0, 0.05) is 23.6 Å². The highest BCUT2D eigenvalue weighted by molar-refractivity contribution is 9.10. The van der Waals surface area contributed by atoms with E-state index >= 15 is 0 Å². The van der Waals surface area contributed by atoms with Crippen molar-refractivity contribution >= 4 is 33.7 Å². The second-order valence-corrected chi connectivity index (χ2v) is 5.92. The van der Waals surface area contributed by atoms with E-state index < -0.39 is 0 Å². The number of halogens is 1. The molecule has 0 atom stereocenters. The van der Waals surface area contributed by atoms with Crippen LogP contribution in [0.2, 0.25) is 0 Å². The molecule has 0 aliphatic carbocycles. The quantitative estimate of drug-likeness (QED) is 0.762. The zero-order valence-electron chi connectivity index (χ0n) is 11.5. The maximum absolute atomic E-state index is 5.81. The van der Waals surface area contributed by atoms with Crippen LogP contribution >= 0.6 is 15.9 Å². The van der Waals surface area contributed by atoms with Crippen LogP contribution in [-0.4, -0.2) is 19.3 Å². The van der Waals surface area contributed by atoms with Crippen LogP contribution in [0.1, 0.15) is 24.2 Å². The number of furan rings is 1. The molecule has 0 radical (unpaired) electrons. The Morgan fingerprint density at radius 3 is 2.75 bits per heavy atom. The molecule has 0 spiro atoms. The molecule has 104 valence electrons. The van der Waals surface area contributed by atoms with Crippen LogP contribution in [0.3, 0.4) is 0 Å². The Morgan fingerprint density at radius 2 is 2.00 bits per heavy atom. The molecule has 1 aliphatic heterocycles. The first-order valence-electron chi connectivity index (χ1n) is 6.87. The van der Waals surface area contributed by atoms with Crippen LogP contribution in [-0.2, 0) is 0 Å². The summed E-state index contributed by atoms with van der Waals surface area (Å²) in [4.78, 5) is 6.74. The average molecular weight is 333 g/mol. The maximum atomic E-state index is 5.81. The molecule has 1 aliphatic rings. The van der Waals surface area contributed by atoms with Crippen molar-refractivity contribution in [2.45, 2.75) is 19.8 Å². The normalized spacial score (nSPS) is 15.4. The smallest absolute Gasteiger partial charge is 0.196 e. The fourth-order valence-corrected chi connectivity index (χ4v) is 2.61. The lowest BCUT2D eigenvalue weighted by molar-refractivity contribution is 0.550. The summed E-state index contributed by atoms with van der Waals surface area (Å²) in [6.07, 6.45) is 4.28. The Hall–Kier alpha value is -1.55. The highest BCUT2D eigenvalue weighted by Crippen LogP contribution is 2.24. The van der Waals surface area contributed by atoms with Crippen molar-refractivity contribution in [2.24, 2.45) is 4.99 Å². The fourth-order valence-electron chi connectivity index (χ4n) is 2.37. The van der Waals surface area contributed by atoms with Crippen LogP contribution in [0.25, 0.3) is 0 Å². The first-order valence-corrected chi connectivity index (χ1v) is 7.67. The van der Waals surface area contributed by atoms with Crippen molar-refractivity contribution in [3.63, 3.8) is 0 Å². The van der Waals surface area contributed by atoms with Gasteiger partial charge in [-0.2, -0.15) is 0 Å². The van der Waals surface area contributed by atoms with E-state index in [1.54, 1.807) is 6.21 Å². The van der Waals surface area contributed by atoms with Crippen LogP contribution in [0.4, 0.5) is 11.6 Å². The summed E-state index contributed by atoms with van der Waals surface area (Å²) in [5.74, 6) is 1.75. The van der Waals surface area contributed by atoms with Gasteiger partial charge < -0.3 is 9.32 Å². The predicted molar refractivity (Wildman–Crippen MR) is 86.3 cm³/mol. The molecule has 1 aromatic carbocycles. The van der Waals surface area contributed by atoms with E-state index in [9.17, 15) is 0 Å². The summed E-state index contributed by atoms with van der Waals surface area (Å²) < 4.78 is 6.91. The van der Waals surface area contributed by atoms with Gasteiger partial charge in [-0.05, 0) is 49.6 Å².